The van der Waals surface area contributed by atoms with Gasteiger partial charge in [0.05, 0.1) is 0 Å². The fraction of sp³-hybridized carbons (Fsp3) is 0.600. The molecule has 0 spiro atoms. The molecule has 1 aromatic rings. The molecule has 1 atom stereocenters. The second-order valence-electron chi connectivity index (χ2n) is 4.68. The Labute approximate surface area is 111 Å². The molecule has 0 unspecified atom stereocenters. The van der Waals surface area contributed by atoms with Crippen molar-refractivity contribution in [3.05, 3.63) is 34.9 Å². The van der Waals surface area contributed by atoms with E-state index in [2.05, 4.69) is 32.2 Å². The Bertz CT molecular complexity index is 318. The number of rotatable bonds is 7. The lowest BCUT2D eigenvalue weighted by molar-refractivity contribution is 0.402. The van der Waals surface area contributed by atoms with Gasteiger partial charge >= 0.3 is 0 Å². The number of halogens is 1. The van der Waals surface area contributed by atoms with E-state index in [1.165, 1.54) is 31.2 Å². The smallest absolute Gasteiger partial charge is 0.0453 e. The summed E-state index contributed by atoms with van der Waals surface area (Å²) in [6.07, 6.45) is 4.94. The maximum atomic E-state index is 6.22. The second-order valence-corrected chi connectivity index (χ2v) is 5.09. The highest BCUT2D eigenvalue weighted by molar-refractivity contribution is 6.31. The minimum absolute atomic E-state index is 0.326. The highest BCUT2D eigenvalue weighted by atomic mass is 35.5. The third kappa shape index (κ3) is 4.69. The summed E-state index contributed by atoms with van der Waals surface area (Å²) >= 11 is 6.22. The summed E-state index contributed by atoms with van der Waals surface area (Å²) in [5.74, 6) is 0. The predicted molar refractivity (Wildman–Crippen MR) is 76.6 cm³/mol. The molecule has 0 aliphatic heterocycles. The summed E-state index contributed by atoms with van der Waals surface area (Å²) in [6.45, 7) is 6.68. The summed E-state index contributed by atoms with van der Waals surface area (Å²) in [5, 5.41) is 4.55. The van der Waals surface area contributed by atoms with Crippen molar-refractivity contribution in [2.45, 2.75) is 58.5 Å². The second kappa shape index (κ2) is 7.73. The van der Waals surface area contributed by atoms with Crippen LogP contribution in [0.1, 0.15) is 58.1 Å². The van der Waals surface area contributed by atoms with E-state index in [-0.39, 0.29) is 0 Å². The van der Waals surface area contributed by atoms with E-state index < -0.39 is 0 Å². The topological polar surface area (TPSA) is 12.0 Å². The zero-order valence-electron chi connectivity index (χ0n) is 11.2. The number of hydrogen-bond acceptors (Lipinski definition) is 1. The average Bonchev–Trinajstić information content (AvgIpc) is 2.30. The van der Waals surface area contributed by atoms with Crippen molar-refractivity contribution >= 4 is 11.6 Å². The predicted octanol–water partition coefficient (Wildman–Crippen LogP) is 4.96. The van der Waals surface area contributed by atoms with E-state index in [4.69, 9.17) is 11.6 Å². The molecule has 17 heavy (non-hydrogen) atoms. The molecule has 1 nitrogen and oxygen atoms in total. The molecule has 1 rings (SSSR count). The first-order valence-electron chi connectivity index (χ1n) is 6.69. The Morgan fingerprint density at radius 1 is 1.12 bits per heavy atom. The molecule has 0 radical (unpaired) electrons. The van der Waals surface area contributed by atoms with E-state index in [1.807, 2.05) is 18.2 Å². The summed E-state index contributed by atoms with van der Waals surface area (Å²) in [4.78, 5) is 0. The number of hydrogen-bond donors (Lipinski definition) is 1. The Kier molecular flexibility index (Phi) is 6.61. The molecule has 1 N–H and O–H groups in total. The molecule has 0 fully saturated rings. The molecule has 0 amide bonds. The molecule has 0 aromatic heterocycles. The molecule has 0 bridgehead atoms. The third-order valence-corrected chi connectivity index (χ3v) is 3.48. The molecular weight excluding hydrogens is 230 g/mol. The van der Waals surface area contributed by atoms with E-state index in [0.717, 1.165) is 5.02 Å². The van der Waals surface area contributed by atoms with Crippen LogP contribution in [0.4, 0.5) is 0 Å². The maximum absolute atomic E-state index is 6.22. The van der Waals surface area contributed by atoms with Crippen molar-refractivity contribution in [3.63, 3.8) is 0 Å². The van der Waals surface area contributed by atoms with Crippen LogP contribution in [0.3, 0.4) is 0 Å². The molecule has 0 saturated carbocycles. The first-order chi connectivity index (χ1) is 8.19. The summed E-state index contributed by atoms with van der Waals surface area (Å²) in [6, 6.07) is 9.03. The molecule has 2 heteroatoms. The molecular formula is C15H24ClN. The third-order valence-electron chi connectivity index (χ3n) is 3.13. The van der Waals surface area contributed by atoms with Gasteiger partial charge in [-0.25, -0.2) is 0 Å². The highest BCUT2D eigenvalue weighted by Gasteiger charge is 2.13. The van der Waals surface area contributed by atoms with Crippen molar-refractivity contribution in [1.29, 1.82) is 0 Å². The van der Waals surface area contributed by atoms with Crippen LogP contribution in [0.2, 0.25) is 5.02 Å². The van der Waals surface area contributed by atoms with Gasteiger partial charge in [-0.3, -0.25) is 0 Å². The van der Waals surface area contributed by atoms with Crippen molar-refractivity contribution < 1.29 is 0 Å². The maximum Gasteiger partial charge on any atom is 0.0453 e. The largest absolute Gasteiger partial charge is 0.307 e. The molecule has 0 aliphatic carbocycles. The van der Waals surface area contributed by atoms with Crippen LogP contribution in [-0.4, -0.2) is 6.04 Å². The first-order valence-corrected chi connectivity index (χ1v) is 7.07. The van der Waals surface area contributed by atoms with Gasteiger partial charge in [-0.2, -0.15) is 0 Å². The van der Waals surface area contributed by atoms with Crippen molar-refractivity contribution in [2.24, 2.45) is 0 Å². The van der Waals surface area contributed by atoms with Gasteiger partial charge in [0.25, 0.3) is 0 Å². The minimum Gasteiger partial charge on any atom is -0.307 e. The summed E-state index contributed by atoms with van der Waals surface area (Å²) in [7, 11) is 0. The van der Waals surface area contributed by atoms with Gasteiger partial charge in [0.2, 0.25) is 0 Å². The lowest BCUT2D eigenvalue weighted by Crippen LogP contribution is -2.31. The Morgan fingerprint density at radius 3 is 2.24 bits per heavy atom. The van der Waals surface area contributed by atoms with Crippen LogP contribution in [0.15, 0.2) is 24.3 Å². The summed E-state index contributed by atoms with van der Waals surface area (Å²) < 4.78 is 0. The van der Waals surface area contributed by atoms with E-state index in [0.29, 0.717) is 12.1 Å². The van der Waals surface area contributed by atoms with Crippen LogP contribution in [0, 0.1) is 0 Å². The molecule has 0 heterocycles. The van der Waals surface area contributed by atoms with Crippen molar-refractivity contribution in [1.82, 2.24) is 5.32 Å². The minimum atomic E-state index is 0.326. The van der Waals surface area contributed by atoms with Gasteiger partial charge in [-0.15, -0.1) is 0 Å². The van der Waals surface area contributed by atoms with Gasteiger partial charge in [0.1, 0.15) is 0 Å². The van der Waals surface area contributed by atoms with Gasteiger partial charge in [0, 0.05) is 17.1 Å². The van der Waals surface area contributed by atoms with Gasteiger partial charge < -0.3 is 5.32 Å². The van der Waals surface area contributed by atoms with Crippen LogP contribution in [0.5, 0.6) is 0 Å². The van der Waals surface area contributed by atoms with Crippen LogP contribution in [-0.2, 0) is 0 Å². The number of nitrogens with one attached hydrogen (secondary N) is 1. The van der Waals surface area contributed by atoms with Crippen LogP contribution < -0.4 is 5.32 Å². The Hall–Kier alpha value is -0.530. The van der Waals surface area contributed by atoms with Gasteiger partial charge in [0.15, 0.2) is 0 Å². The van der Waals surface area contributed by atoms with E-state index in [1.54, 1.807) is 0 Å². The van der Waals surface area contributed by atoms with Crippen molar-refractivity contribution in [3.8, 4) is 0 Å². The van der Waals surface area contributed by atoms with E-state index >= 15 is 0 Å². The first kappa shape index (κ1) is 14.5. The lowest BCUT2D eigenvalue weighted by atomic mass is 10.0. The zero-order valence-corrected chi connectivity index (χ0v) is 11.9. The Morgan fingerprint density at radius 2 is 1.71 bits per heavy atom. The molecule has 1 aromatic carbocycles. The molecule has 0 saturated heterocycles. The van der Waals surface area contributed by atoms with Crippen LogP contribution >= 0.6 is 11.6 Å². The fourth-order valence-corrected chi connectivity index (χ4v) is 2.58. The van der Waals surface area contributed by atoms with Crippen LogP contribution in [0.25, 0.3) is 0 Å². The highest BCUT2D eigenvalue weighted by Crippen LogP contribution is 2.23. The standard InChI is InChI=1S/C15H24ClN/c1-4-8-13(9-5-2)17-12(3)14-10-6-7-11-15(14)16/h6-7,10-13,17H,4-5,8-9H2,1-3H3/t12-/m0/s1. The normalized spacial score (nSPS) is 13.0. The molecule has 96 valence electrons. The molecule has 0 aliphatic rings. The number of benzene rings is 1. The zero-order chi connectivity index (χ0) is 12.7. The van der Waals surface area contributed by atoms with Gasteiger partial charge in [-0.1, -0.05) is 56.5 Å². The van der Waals surface area contributed by atoms with Gasteiger partial charge in [-0.05, 0) is 31.4 Å². The fourth-order valence-electron chi connectivity index (χ4n) is 2.28. The lowest BCUT2D eigenvalue weighted by Gasteiger charge is -2.23. The van der Waals surface area contributed by atoms with Crippen molar-refractivity contribution in [2.75, 3.05) is 0 Å². The SMILES string of the molecule is CCCC(CCC)N[C@@H](C)c1ccccc1Cl. The average molecular weight is 254 g/mol. The summed E-state index contributed by atoms with van der Waals surface area (Å²) in [5.41, 5.74) is 1.20. The monoisotopic (exact) mass is 253 g/mol. The quantitative estimate of drug-likeness (QED) is 0.724. The van der Waals surface area contributed by atoms with E-state index in [9.17, 15) is 0 Å². The Balaban J connectivity index is 2.63.